The molecule has 1 aliphatic carbocycles. The summed E-state index contributed by atoms with van der Waals surface area (Å²) >= 11 is 3.45. The molecule has 0 aliphatic heterocycles. The van der Waals surface area contributed by atoms with E-state index in [1.165, 1.54) is 25.3 Å². The van der Waals surface area contributed by atoms with Gasteiger partial charge in [-0.25, -0.2) is 4.79 Å². The van der Waals surface area contributed by atoms with Crippen molar-refractivity contribution in [2.24, 2.45) is 5.92 Å². The molecule has 1 fully saturated rings. The molecule has 5 nitrogen and oxygen atoms in total. The van der Waals surface area contributed by atoms with Crippen molar-refractivity contribution in [3.8, 4) is 17.0 Å². The lowest BCUT2D eigenvalue weighted by Crippen LogP contribution is -2.19. The Morgan fingerprint density at radius 1 is 1.38 bits per heavy atom. The van der Waals surface area contributed by atoms with Gasteiger partial charge in [0.25, 0.3) is 0 Å². The van der Waals surface area contributed by atoms with Gasteiger partial charge in [0, 0.05) is 10.0 Å². The zero-order valence-corrected chi connectivity index (χ0v) is 12.9. The predicted molar refractivity (Wildman–Crippen MR) is 81.5 cm³/mol. The van der Waals surface area contributed by atoms with E-state index in [4.69, 9.17) is 9.84 Å². The summed E-state index contributed by atoms with van der Waals surface area (Å²) in [7, 11) is 0. The first-order valence-corrected chi connectivity index (χ1v) is 7.63. The molecule has 0 atom stereocenters. The van der Waals surface area contributed by atoms with Gasteiger partial charge in [0.1, 0.15) is 11.4 Å². The molecule has 0 saturated heterocycles. The average molecular weight is 351 g/mol. The van der Waals surface area contributed by atoms with Crippen LogP contribution in [0.2, 0.25) is 0 Å². The van der Waals surface area contributed by atoms with Crippen LogP contribution in [0, 0.1) is 5.92 Å². The molecular weight excluding hydrogens is 336 g/mol. The summed E-state index contributed by atoms with van der Waals surface area (Å²) in [6.45, 7) is 0.733. The Hall–Kier alpha value is -1.82. The van der Waals surface area contributed by atoms with E-state index >= 15 is 0 Å². The summed E-state index contributed by atoms with van der Waals surface area (Å²) in [5.74, 6) is 0.410. The Morgan fingerprint density at radius 2 is 2.19 bits per heavy atom. The van der Waals surface area contributed by atoms with Crippen LogP contribution in [0.25, 0.3) is 11.3 Å². The fourth-order valence-electron chi connectivity index (χ4n) is 2.25. The molecule has 1 aromatic carbocycles. The van der Waals surface area contributed by atoms with Gasteiger partial charge in [0.2, 0.25) is 0 Å². The normalized spacial score (nSPS) is 14.7. The van der Waals surface area contributed by atoms with Crippen molar-refractivity contribution >= 4 is 21.9 Å². The molecule has 0 radical (unpaired) electrons. The van der Waals surface area contributed by atoms with Crippen LogP contribution in [-0.2, 0) is 0 Å². The maximum Gasteiger partial charge on any atom is 0.353 e. The van der Waals surface area contributed by atoms with Crippen molar-refractivity contribution in [3.63, 3.8) is 0 Å². The van der Waals surface area contributed by atoms with E-state index in [-0.39, 0.29) is 5.69 Å². The number of carbonyl (C=O) groups is 1. The molecule has 0 spiro atoms. The summed E-state index contributed by atoms with van der Waals surface area (Å²) in [5, 5.41) is 15.5. The lowest BCUT2D eigenvalue weighted by atomic mass is 9.86. The van der Waals surface area contributed by atoms with Gasteiger partial charge in [-0.3, -0.25) is 5.10 Å². The number of halogens is 1. The lowest BCUT2D eigenvalue weighted by Gasteiger charge is -2.25. The predicted octanol–water partition coefficient (Wildman–Crippen LogP) is 3.72. The third-order valence-corrected chi connectivity index (χ3v) is 4.14. The number of ether oxygens (including phenoxy) is 1. The number of carboxylic acids is 1. The van der Waals surface area contributed by atoms with Crippen molar-refractivity contribution < 1.29 is 14.6 Å². The zero-order valence-electron chi connectivity index (χ0n) is 11.3. The Morgan fingerprint density at radius 3 is 2.81 bits per heavy atom. The smallest absolute Gasteiger partial charge is 0.353 e. The van der Waals surface area contributed by atoms with Crippen molar-refractivity contribution in [1.82, 2.24) is 10.2 Å². The molecule has 1 aromatic heterocycles. The van der Waals surface area contributed by atoms with Crippen LogP contribution in [0.1, 0.15) is 29.8 Å². The number of rotatable bonds is 5. The quantitative estimate of drug-likeness (QED) is 0.861. The molecule has 1 saturated carbocycles. The molecule has 1 heterocycles. The molecule has 0 amide bonds. The number of benzene rings is 1. The first-order valence-electron chi connectivity index (χ1n) is 6.84. The number of carboxylic acid groups (broad SMARTS) is 1. The molecule has 110 valence electrons. The summed E-state index contributed by atoms with van der Waals surface area (Å²) in [5.41, 5.74) is 1.47. The van der Waals surface area contributed by atoms with Crippen LogP contribution in [0.5, 0.6) is 5.75 Å². The number of hydrogen-bond donors (Lipinski definition) is 2. The third-order valence-electron chi connectivity index (χ3n) is 3.69. The van der Waals surface area contributed by atoms with Crippen LogP contribution in [0.3, 0.4) is 0 Å². The molecule has 21 heavy (non-hydrogen) atoms. The van der Waals surface area contributed by atoms with E-state index in [0.717, 1.165) is 22.4 Å². The summed E-state index contributed by atoms with van der Waals surface area (Å²) in [4.78, 5) is 10.9. The minimum absolute atomic E-state index is 0.0712. The van der Waals surface area contributed by atoms with Gasteiger partial charge >= 0.3 is 5.97 Å². The Bertz CT molecular complexity index is 665. The van der Waals surface area contributed by atoms with Crippen LogP contribution < -0.4 is 4.74 Å². The van der Waals surface area contributed by atoms with Gasteiger partial charge in [-0.2, -0.15) is 5.10 Å². The number of nitrogens with one attached hydrogen (secondary N) is 1. The molecule has 0 unspecified atom stereocenters. The van der Waals surface area contributed by atoms with Crippen molar-refractivity contribution in [1.29, 1.82) is 0 Å². The molecule has 6 heteroatoms. The second kappa shape index (κ2) is 5.89. The number of nitrogens with zero attached hydrogens (tertiary/aromatic N) is 1. The third kappa shape index (κ3) is 3.26. The van der Waals surface area contributed by atoms with E-state index in [0.29, 0.717) is 11.6 Å². The number of aromatic amines is 1. The molecule has 2 aromatic rings. The van der Waals surface area contributed by atoms with E-state index in [1.807, 2.05) is 18.2 Å². The first-order chi connectivity index (χ1) is 10.1. The molecule has 1 aliphatic rings. The SMILES string of the molecule is O=C(O)c1cc(-c2cc(Br)cc(OCC3CCC3)c2)n[nH]1. The highest BCUT2D eigenvalue weighted by Crippen LogP contribution is 2.31. The van der Waals surface area contributed by atoms with E-state index in [1.54, 1.807) is 0 Å². The Balaban J connectivity index is 1.80. The molecule has 3 rings (SSSR count). The standard InChI is InChI=1S/C15H15BrN2O3/c16-11-4-10(13-7-14(15(19)20)18-17-13)5-12(6-11)21-8-9-2-1-3-9/h4-7,9H,1-3,8H2,(H,17,18)(H,19,20). The number of aromatic carboxylic acids is 1. The van der Waals surface area contributed by atoms with Gasteiger partial charge in [0.15, 0.2) is 0 Å². The van der Waals surface area contributed by atoms with Gasteiger partial charge in [0.05, 0.1) is 12.3 Å². The van der Waals surface area contributed by atoms with Crippen molar-refractivity contribution in [3.05, 3.63) is 34.4 Å². The highest BCUT2D eigenvalue weighted by molar-refractivity contribution is 9.10. The van der Waals surface area contributed by atoms with Gasteiger partial charge in [-0.15, -0.1) is 0 Å². The van der Waals surface area contributed by atoms with Crippen molar-refractivity contribution in [2.75, 3.05) is 6.61 Å². The summed E-state index contributed by atoms with van der Waals surface area (Å²) in [6.07, 6.45) is 3.77. The highest BCUT2D eigenvalue weighted by atomic mass is 79.9. The average Bonchev–Trinajstić information content (AvgIpc) is 2.86. The minimum Gasteiger partial charge on any atom is -0.493 e. The second-order valence-corrected chi connectivity index (χ2v) is 6.17. The molecule has 0 bridgehead atoms. The lowest BCUT2D eigenvalue weighted by molar-refractivity contribution is 0.0690. The fraction of sp³-hybridized carbons (Fsp3) is 0.333. The van der Waals surface area contributed by atoms with E-state index in [2.05, 4.69) is 26.1 Å². The van der Waals surface area contributed by atoms with Gasteiger partial charge < -0.3 is 9.84 Å². The number of aromatic nitrogens is 2. The largest absolute Gasteiger partial charge is 0.493 e. The molecular formula is C15H15BrN2O3. The first kappa shape index (κ1) is 14.1. The van der Waals surface area contributed by atoms with Crippen LogP contribution in [0.4, 0.5) is 0 Å². The minimum atomic E-state index is -1.02. The zero-order chi connectivity index (χ0) is 14.8. The second-order valence-electron chi connectivity index (χ2n) is 5.26. The van der Waals surface area contributed by atoms with Gasteiger partial charge in [-0.05, 0) is 43.0 Å². The molecule has 2 N–H and O–H groups in total. The number of H-pyrrole nitrogens is 1. The van der Waals surface area contributed by atoms with E-state index < -0.39 is 5.97 Å². The highest BCUT2D eigenvalue weighted by Gasteiger charge is 2.18. The van der Waals surface area contributed by atoms with Crippen molar-refractivity contribution in [2.45, 2.75) is 19.3 Å². The topological polar surface area (TPSA) is 75.2 Å². The Labute approximate surface area is 130 Å². The fourth-order valence-corrected chi connectivity index (χ4v) is 2.72. The maximum atomic E-state index is 10.9. The van der Waals surface area contributed by atoms with Gasteiger partial charge in [-0.1, -0.05) is 22.4 Å². The number of hydrogen-bond acceptors (Lipinski definition) is 3. The van der Waals surface area contributed by atoms with Crippen LogP contribution in [-0.4, -0.2) is 27.9 Å². The maximum absolute atomic E-state index is 10.9. The van der Waals surface area contributed by atoms with E-state index in [9.17, 15) is 4.79 Å². The summed E-state index contributed by atoms with van der Waals surface area (Å²) in [6, 6.07) is 7.19. The van der Waals surface area contributed by atoms with Crippen LogP contribution >= 0.6 is 15.9 Å². The summed E-state index contributed by atoms with van der Waals surface area (Å²) < 4.78 is 6.70. The van der Waals surface area contributed by atoms with Crippen LogP contribution in [0.15, 0.2) is 28.7 Å². The Kier molecular flexibility index (Phi) is 3.96. The monoisotopic (exact) mass is 350 g/mol.